The molecule has 108 valence electrons. The molecule has 0 bridgehead atoms. The molecule has 0 amide bonds. The summed E-state index contributed by atoms with van der Waals surface area (Å²) in [6, 6.07) is 3.34. The van der Waals surface area contributed by atoms with Crippen LogP contribution < -0.4 is 10.5 Å². The van der Waals surface area contributed by atoms with Crippen LogP contribution in [0.25, 0.3) is 0 Å². The molecule has 0 saturated heterocycles. The number of nitrogen functional groups attached to an aromatic ring is 1. The van der Waals surface area contributed by atoms with Crippen LogP contribution in [0.1, 0.15) is 6.92 Å². The summed E-state index contributed by atoms with van der Waals surface area (Å²) in [6.07, 6.45) is 1.31. The Kier molecular flexibility index (Phi) is 3.87. The van der Waals surface area contributed by atoms with Gasteiger partial charge >= 0.3 is 0 Å². The summed E-state index contributed by atoms with van der Waals surface area (Å²) in [4.78, 5) is -0.153. The Morgan fingerprint density at radius 3 is 2.75 bits per heavy atom. The zero-order valence-electron chi connectivity index (χ0n) is 10.5. The van der Waals surface area contributed by atoms with Crippen molar-refractivity contribution in [3.63, 3.8) is 0 Å². The van der Waals surface area contributed by atoms with E-state index in [1.165, 1.54) is 16.9 Å². The fraction of sp³-hybridized carbons (Fsp3) is 0.182. The fourth-order valence-electron chi connectivity index (χ4n) is 1.56. The van der Waals surface area contributed by atoms with Gasteiger partial charge in [-0.2, -0.15) is 5.10 Å². The lowest BCUT2D eigenvalue weighted by molar-refractivity contribution is 0.600. The summed E-state index contributed by atoms with van der Waals surface area (Å²) >= 11 is 5.78. The van der Waals surface area contributed by atoms with Crippen LogP contribution in [0.3, 0.4) is 0 Å². The fourth-order valence-corrected chi connectivity index (χ4v) is 2.98. The second-order valence-electron chi connectivity index (χ2n) is 3.96. The molecular formula is C11H12ClFN4O2S. The highest BCUT2D eigenvalue weighted by atomic mass is 35.5. The Labute approximate surface area is 120 Å². The van der Waals surface area contributed by atoms with E-state index >= 15 is 0 Å². The van der Waals surface area contributed by atoms with E-state index in [4.69, 9.17) is 17.3 Å². The van der Waals surface area contributed by atoms with Crippen molar-refractivity contribution in [2.75, 3.05) is 10.5 Å². The number of nitrogens with zero attached hydrogens (tertiary/aromatic N) is 2. The Bertz CT molecular complexity index is 745. The average molecular weight is 319 g/mol. The molecular weight excluding hydrogens is 307 g/mol. The van der Waals surface area contributed by atoms with Crippen molar-refractivity contribution in [3.8, 4) is 0 Å². The number of halogens is 2. The molecule has 0 fully saturated rings. The van der Waals surface area contributed by atoms with Crippen LogP contribution in [0, 0.1) is 5.82 Å². The molecule has 1 aromatic heterocycles. The summed E-state index contributed by atoms with van der Waals surface area (Å²) in [5, 5.41) is 3.81. The normalized spacial score (nSPS) is 11.6. The minimum Gasteiger partial charge on any atom is -0.381 e. The summed E-state index contributed by atoms with van der Waals surface area (Å²) in [5.74, 6) is -0.672. The molecule has 0 aliphatic heterocycles. The monoisotopic (exact) mass is 318 g/mol. The summed E-state index contributed by atoms with van der Waals surface area (Å²) < 4.78 is 41.0. The van der Waals surface area contributed by atoms with E-state index < -0.39 is 15.8 Å². The van der Waals surface area contributed by atoms with Crippen molar-refractivity contribution in [3.05, 3.63) is 35.2 Å². The molecule has 1 aromatic carbocycles. The third-order valence-corrected chi connectivity index (χ3v) is 4.24. The van der Waals surface area contributed by atoms with E-state index in [2.05, 4.69) is 9.82 Å². The minimum atomic E-state index is -3.93. The first-order valence-corrected chi connectivity index (χ1v) is 7.50. The lowest BCUT2D eigenvalue weighted by Crippen LogP contribution is -2.14. The van der Waals surface area contributed by atoms with Gasteiger partial charge in [-0.05, 0) is 25.1 Å². The average Bonchev–Trinajstić information content (AvgIpc) is 2.75. The first-order valence-electron chi connectivity index (χ1n) is 5.64. The molecule has 2 aromatic rings. The first kappa shape index (κ1) is 14.6. The Morgan fingerprint density at radius 2 is 2.20 bits per heavy atom. The third kappa shape index (κ3) is 2.86. The number of nitrogens with two attached hydrogens (primary N) is 1. The maximum atomic E-state index is 12.9. The number of benzene rings is 1. The summed E-state index contributed by atoms with van der Waals surface area (Å²) in [5.41, 5.74) is 5.64. The molecule has 20 heavy (non-hydrogen) atoms. The number of hydrogen-bond acceptors (Lipinski definition) is 4. The van der Waals surface area contributed by atoms with Crippen LogP contribution in [0.4, 0.5) is 15.9 Å². The van der Waals surface area contributed by atoms with Crippen molar-refractivity contribution >= 4 is 33.1 Å². The van der Waals surface area contributed by atoms with Gasteiger partial charge in [0.25, 0.3) is 10.0 Å². The topological polar surface area (TPSA) is 90.0 Å². The SMILES string of the molecule is CCn1cc(S(=O)(=O)Nc2ccc(F)cc2Cl)c(N)n1. The number of anilines is 2. The second kappa shape index (κ2) is 5.29. The molecule has 0 spiro atoms. The number of nitrogens with one attached hydrogen (secondary N) is 1. The van der Waals surface area contributed by atoms with Gasteiger partial charge in [-0.25, -0.2) is 12.8 Å². The van der Waals surface area contributed by atoms with Gasteiger partial charge in [0.1, 0.15) is 10.7 Å². The summed E-state index contributed by atoms with van der Waals surface area (Å²) in [6.45, 7) is 2.28. The highest BCUT2D eigenvalue weighted by Gasteiger charge is 2.22. The number of rotatable bonds is 4. The summed E-state index contributed by atoms with van der Waals surface area (Å²) in [7, 11) is -3.93. The van der Waals surface area contributed by atoms with Crippen molar-refractivity contribution in [2.45, 2.75) is 18.4 Å². The van der Waals surface area contributed by atoms with Crippen molar-refractivity contribution in [2.24, 2.45) is 0 Å². The molecule has 0 unspecified atom stereocenters. The van der Waals surface area contributed by atoms with Crippen LogP contribution in [0.2, 0.25) is 5.02 Å². The van der Waals surface area contributed by atoms with Gasteiger partial charge in [0, 0.05) is 12.7 Å². The van der Waals surface area contributed by atoms with Gasteiger partial charge in [-0.3, -0.25) is 9.40 Å². The molecule has 0 saturated carbocycles. The molecule has 0 radical (unpaired) electrons. The van der Waals surface area contributed by atoms with Crippen molar-refractivity contribution in [1.29, 1.82) is 0 Å². The van der Waals surface area contributed by atoms with E-state index in [1.54, 1.807) is 6.92 Å². The van der Waals surface area contributed by atoms with Crippen LogP contribution in [0.15, 0.2) is 29.3 Å². The quantitative estimate of drug-likeness (QED) is 0.903. The van der Waals surface area contributed by atoms with Crippen LogP contribution in [0.5, 0.6) is 0 Å². The maximum Gasteiger partial charge on any atom is 0.267 e. The van der Waals surface area contributed by atoms with Gasteiger partial charge in [0.05, 0.1) is 10.7 Å². The smallest absolute Gasteiger partial charge is 0.267 e. The molecule has 0 aliphatic carbocycles. The molecule has 0 aliphatic rings. The lowest BCUT2D eigenvalue weighted by Gasteiger charge is -2.08. The van der Waals surface area contributed by atoms with E-state index in [1.807, 2.05) is 0 Å². The van der Waals surface area contributed by atoms with Gasteiger partial charge in [0.2, 0.25) is 0 Å². The third-order valence-electron chi connectivity index (χ3n) is 2.54. The number of aromatic nitrogens is 2. The molecule has 0 atom stereocenters. The second-order valence-corrected chi connectivity index (χ2v) is 6.02. The molecule has 2 rings (SSSR count). The highest BCUT2D eigenvalue weighted by molar-refractivity contribution is 7.92. The molecule has 9 heteroatoms. The Balaban J connectivity index is 2.38. The first-order chi connectivity index (χ1) is 9.33. The van der Waals surface area contributed by atoms with Crippen LogP contribution >= 0.6 is 11.6 Å². The van der Waals surface area contributed by atoms with E-state index in [0.29, 0.717) is 6.54 Å². The maximum absolute atomic E-state index is 12.9. The van der Waals surface area contributed by atoms with Crippen LogP contribution in [-0.4, -0.2) is 18.2 Å². The predicted molar refractivity (Wildman–Crippen MR) is 74.5 cm³/mol. The van der Waals surface area contributed by atoms with Crippen molar-refractivity contribution in [1.82, 2.24) is 9.78 Å². The van der Waals surface area contributed by atoms with Gasteiger partial charge < -0.3 is 5.73 Å². The Morgan fingerprint density at radius 1 is 1.50 bits per heavy atom. The predicted octanol–water partition coefficient (Wildman–Crippen LogP) is 2.08. The molecule has 6 nitrogen and oxygen atoms in total. The van der Waals surface area contributed by atoms with Gasteiger partial charge in [-0.1, -0.05) is 11.6 Å². The highest BCUT2D eigenvalue weighted by Crippen LogP contribution is 2.26. The van der Waals surface area contributed by atoms with Gasteiger partial charge in [-0.15, -0.1) is 0 Å². The Hall–Kier alpha value is -1.80. The van der Waals surface area contributed by atoms with E-state index in [-0.39, 0.29) is 21.4 Å². The standard InChI is InChI=1S/C11H12ClFN4O2S/c1-2-17-6-10(11(14)15-17)20(18,19)16-9-4-3-7(13)5-8(9)12/h3-6,16H,2H2,1H3,(H2,14,15). The lowest BCUT2D eigenvalue weighted by atomic mass is 10.3. The molecule has 1 heterocycles. The number of hydrogen-bond donors (Lipinski definition) is 2. The van der Waals surface area contributed by atoms with Gasteiger partial charge in [0.15, 0.2) is 5.82 Å². The largest absolute Gasteiger partial charge is 0.381 e. The zero-order valence-corrected chi connectivity index (χ0v) is 12.0. The number of aryl methyl sites for hydroxylation is 1. The van der Waals surface area contributed by atoms with E-state index in [9.17, 15) is 12.8 Å². The number of sulfonamides is 1. The minimum absolute atomic E-state index is 0.0463. The zero-order chi connectivity index (χ0) is 14.9. The van der Waals surface area contributed by atoms with Crippen molar-refractivity contribution < 1.29 is 12.8 Å². The van der Waals surface area contributed by atoms with Crippen LogP contribution in [-0.2, 0) is 16.6 Å². The molecule has 3 N–H and O–H groups in total. The van der Waals surface area contributed by atoms with E-state index in [0.717, 1.165) is 12.1 Å².